The molecule has 0 aromatic carbocycles. The summed E-state index contributed by atoms with van der Waals surface area (Å²) in [5.74, 6) is 3.16. The van der Waals surface area contributed by atoms with Crippen LogP contribution in [0.4, 0.5) is 0 Å². The third-order valence-electron chi connectivity index (χ3n) is 2.78. The van der Waals surface area contributed by atoms with Gasteiger partial charge >= 0.3 is 18.9 Å². The third kappa shape index (κ3) is 2.08. The van der Waals surface area contributed by atoms with E-state index in [1.54, 1.807) is 0 Å². The van der Waals surface area contributed by atoms with E-state index >= 15 is 0 Å². The van der Waals surface area contributed by atoms with Crippen LogP contribution >= 0.6 is 0 Å². The van der Waals surface area contributed by atoms with Crippen LogP contribution in [-0.4, -0.2) is 12.2 Å². The van der Waals surface area contributed by atoms with Crippen molar-refractivity contribution < 1.29 is 23.6 Å². The Bertz CT molecular complexity index is 179. The molecule has 0 amide bonds. The maximum atomic E-state index is 6.89. The van der Waals surface area contributed by atoms with Crippen LogP contribution in [0.25, 0.3) is 0 Å². The summed E-state index contributed by atoms with van der Waals surface area (Å²) >= 11 is 0. The second-order valence-corrected chi connectivity index (χ2v) is 3.56. The zero-order valence-corrected chi connectivity index (χ0v) is 7.68. The van der Waals surface area contributed by atoms with E-state index in [4.69, 9.17) is 11.2 Å². The van der Waals surface area contributed by atoms with Crippen molar-refractivity contribution >= 4 is 0 Å². The zero-order valence-electron chi connectivity index (χ0n) is 7.68. The standard InChI is InChI=1S/C10H13O.Li/c1-2-9-10(11-9)8-6-4-3-5-7-8;/h8-10H,3-7H2;/q-1;+1/t9-,10+;/m0./s1. The molecule has 2 fully saturated rings. The molecule has 1 aliphatic heterocycles. The van der Waals surface area contributed by atoms with Gasteiger partial charge in [-0.05, 0) is 18.8 Å². The molecule has 12 heavy (non-hydrogen) atoms. The molecule has 60 valence electrons. The molecule has 1 saturated carbocycles. The van der Waals surface area contributed by atoms with Crippen LogP contribution in [0.1, 0.15) is 32.1 Å². The fraction of sp³-hybridized carbons (Fsp3) is 0.800. The van der Waals surface area contributed by atoms with E-state index in [0.717, 1.165) is 5.92 Å². The molecular formula is C10H13LiO. The second-order valence-electron chi connectivity index (χ2n) is 3.56. The van der Waals surface area contributed by atoms with Gasteiger partial charge in [0, 0.05) is 0 Å². The van der Waals surface area contributed by atoms with Gasteiger partial charge in [0.15, 0.2) is 0 Å². The summed E-state index contributed by atoms with van der Waals surface area (Å²) in [5, 5.41) is 0. The summed E-state index contributed by atoms with van der Waals surface area (Å²) in [5.41, 5.74) is 0. The van der Waals surface area contributed by atoms with Gasteiger partial charge < -0.3 is 17.1 Å². The molecule has 0 aromatic heterocycles. The summed E-state index contributed by atoms with van der Waals surface area (Å²) in [6.07, 6.45) is 14.0. The molecular weight excluding hydrogens is 143 g/mol. The minimum atomic E-state index is 0. The Morgan fingerprint density at radius 1 is 1.17 bits per heavy atom. The number of hydrogen-bond donors (Lipinski definition) is 0. The molecule has 2 aliphatic rings. The average Bonchev–Trinajstić information content (AvgIpc) is 2.85. The summed E-state index contributed by atoms with van der Waals surface area (Å²) in [7, 11) is 0. The van der Waals surface area contributed by atoms with E-state index < -0.39 is 0 Å². The van der Waals surface area contributed by atoms with Crippen molar-refractivity contribution in [3.05, 3.63) is 6.42 Å². The second kappa shape index (κ2) is 4.38. The largest absolute Gasteiger partial charge is 1.00 e. The van der Waals surface area contributed by atoms with Gasteiger partial charge in [-0.1, -0.05) is 19.3 Å². The SMILES string of the molecule is [C-]#C[C@@H]1O[C@@H]1C1CCCCC1.[Li+]. The van der Waals surface area contributed by atoms with E-state index in [2.05, 4.69) is 5.92 Å². The van der Waals surface area contributed by atoms with Crippen LogP contribution in [-0.2, 0) is 4.74 Å². The van der Waals surface area contributed by atoms with Crippen LogP contribution < -0.4 is 18.9 Å². The summed E-state index contributed by atoms with van der Waals surface area (Å²) in [4.78, 5) is 0. The van der Waals surface area contributed by atoms with Crippen LogP contribution in [0.5, 0.6) is 0 Å². The van der Waals surface area contributed by atoms with Crippen molar-refractivity contribution in [1.82, 2.24) is 0 Å². The van der Waals surface area contributed by atoms with Crippen LogP contribution in [0.2, 0.25) is 0 Å². The summed E-state index contributed by atoms with van der Waals surface area (Å²) in [6.45, 7) is 0. The molecule has 2 heteroatoms. The molecule has 1 nitrogen and oxygen atoms in total. The number of hydrogen-bond acceptors (Lipinski definition) is 1. The van der Waals surface area contributed by atoms with Gasteiger partial charge in [0.1, 0.15) is 6.10 Å². The fourth-order valence-corrected chi connectivity index (χ4v) is 2.06. The first kappa shape index (κ1) is 10.2. The molecule has 0 radical (unpaired) electrons. The minimum Gasteiger partial charge on any atom is -0.691 e. The van der Waals surface area contributed by atoms with Gasteiger partial charge in [-0.2, -0.15) is 0 Å². The molecule has 1 heterocycles. The van der Waals surface area contributed by atoms with E-state index in [-0.39, 0.29) is 25.0 Å². The van der Waals surface area contributed by atoms with Crippen LogP contribution in [0.15, 0.2) is 0 Å². The van der Waals surface area contributed by atoms with Gasteiger partial charge in [0.2, 0.25) is 0 Å². The Hall–Kier alpha value is 0.117. The van der Waals surface area contributed by atoms with E-state index in [0.29, 0.717) is 6.10 Å². The predicted octanol–water partition coefficient (Wildman–Crippen LogP) is -1.07. The Balaban J connectivity index is 0.000000720. The first-order valence-electron chi connectivity index (χ1n) is 4.49. The number of rotatable bonds is 1. The zero-order chi connectivity index (χ0) is 7.68. The molecule has 0 unspecified atom stereocenters. The average molecular weight is 156 g/mol. The topological polar surface area (TPSA) is 12.5 Å². The number of epoxide rings is 1. The molecule has 0 N–H and O–H groups in total. The predicted molar refractivity (Wildman–Crippen MR) is 42.4 cm³/mol. The van der Waals surface area contributed by atoms with Gasteiger partial charge in [-0.25, -0.2) is 0 Å². The quantitative estimate of drug-likeness (QED) is 0.204. The Labute approximate surface area is 86.4 Å². The van der Waals surface area contributed by atoms with Crippen molar-refractivity contribution in [2.45, 2.75) is 44.3 Å². The fourth-order valence-electron chi connectivity index (χ4n) is 2.06. The van der Waals surface area contributed by atoms with E-state index in [1.807, 2.05) is 0 Å². The Morgan fingerprint density at radius 3 is 2.33 bits per heavy atom. The summed E-state index contributed by atoms with van der Waals surface area (Å²) < 4.78 is 5.31. The first-order chi connectivity index (χ1) is 5.42. The Morgan fingerprint density at radius 2 is 1.83 bits per heavy atom. The van der Waals surface area contributed by atoms with Crippen molar-refractivity contribution in [2.75, 3.05) is 0 Å². The maximum absolute atomic E-state index is 6.89. The maximum Gasteiger partial charge on any atom is 1.00 e. The van der Waals surface area contributed by atoms with Crippen LogP contribution in [0.3, 0.4) is 0 Å². The molecule has 1 saturated heterocycles. The van der Waals surface area contributed by atoms with Crippen molar-refractivity contribution in [3.63, 3.8) is 0 Å². The van der Waals surface area contributed by atoms with E-state index in [1.165, 1.54) is 32.1 Å². The molecule has 2 atom stereocenters. The van der Waals surface area contributed by atoms with E-state index in [9.17, 15) is 0 Å². The number of ether oxygens (including phenoxy) is 1. The summed E-state index contributed by atoms with van der Waals surface area (Å²) in [6, 6.07) is 0. The molecule has 0 aromatic rings. The molecule has 1 aliphatic carbocycles. The van der Waals surface area contributed by atoms with Crippen molar-refractivity contribution in [2.24, 2.45) is 5.92 Å². The smallest absolute Gasteiger partial charge is 0.691 e. The molecule has 0 bridgehead atoms. The normalized spacial score (nSPS) is 34.9. The first-order valence-corrected chi connectivity index (χ1v) is 4.49. The van der Waals surface area contributed by atoms with Gasteiger partial charge in [-0.3, -0.25) is 0 Å². The van der Waals surface area contributed by atoms with Crippen LogP contribution in [0, 0.1) is 18.3 Å². The molecule has 0 spiro atoms. The van der Waals surface area contributed by atoms with Gasteiger partial charge in [-0.15, -0.1) is 0 Å². The monoisotopic (exact) mass is 156 g/mol. The Kier molecular flexibility index (Phi) is 3.72. The van der Waals surface area contributed by atoms with Gasteiger partial charge in [0.25, 0.3) is 0 Å². The third-order valence-corrected chi connectivity index (χ3v) is 2.78. The minimum absolute atomic E-state index is 0. The van der Waals surface area contributed by atoms with Gasteiger partial charge in [0.05, 0.1) is 6.10 Å². The van der Waals surface area contributed by atoms with Crippen molar-refractivity contribution in [3.8, 4) is 5.92 Å². The molecule has 2 rings (SSSR count). The van der Waals surface area contributed by atoms with Crippen molar-refractivity contribution in [1.29, 1.82) is 0 Å².